The van der Waals surface area contributed by atoms with Crippen molar-refractivity contribution in [1.82, 2.24) is 14.9 Å². The highest BCUT2D eigenvalue weighted by atomic mass is 32.2. The molecule has 0 aromatic heterocycles. The van der Waals surface area contributed by atoms with Crippen molar-refractivity contribution in [3.05, 3.63) is 29.3 Å². The van der Waals surface area contributed by atoms with Gasteiger partial charge in [-0.25, -0.2) is 13.1 Å². The SMILES string of the molecule is Cc1ccc(C)c(S(=O)(=O)NCCC(=O)N2CCNC(=O)C2)c1. The quantitative estimate of drug-likeness (QED) is 0.785. The van der Waals surface area contributed by atoms with E-state index in [1.807, 2.05) is 13.0 Å². The number of nitrogens with zero attached hydrogens (tertiary/aromatic N) is 1. The fourth-order valence-electron chi connectivity index (χ4n) is 2.38. The van der Waals surface area contributed by atoms with Crippen LogP contribution in [0.4, 0.5) is 0 Å². The van der Waals surface area contributed by atoms with Crippen LogP contribution in [0.25, 0.3) is 0 Å². The van der Waals surface area contributed by atoms with E-state index in [1.165, 1.54) is 4.90 Å². The van der Waals surface area contributed by atoms with Crippen LogP contribution in [0.5, 0.6) is 0 Å². The second-order valence-corrected chi connectivity index (χ2v) is 7.32. The van der Waals surface area contributed by atoms with E-state index in [0.29, 0.717) is 18.7 Å². The number of hydrogen-bond donors (Lipinski definition) is 2. The molecule has 2 rings (SSSR count). The molecule has 126 valence electrons. The highest BCUT2D eigenvalue weighted by molar-refractivity contribution is 7.89. The molecule has 1 aromatic carbocycles. The Labute approximate surface area is 136 Å². The zero-order valence-corrected chi connectivity index (χ0v) is 14.1. The topological polar surface area (TPSA) is 95.6 Å². The summed E-state index contributed by atoms with van der Waals surface area (Å²) >= 11 is 0. The van der Waals surface area contributed by atoms with E-state index in [-0.39, 0.29) is 36.2 Å². The first kappa shape index (κ1) is 17.4. The van der Waals surface area contributed by atoms with E-state index < -0.39 is 10.0 Å². The van der Waals surface area contributed by atoms with Crippen molar-refractivity contribution in [2.24, 2.45) is 0 Å². The molecule has 1 saturated heterocycles. The average molecular weight is 339 g/mol. The predicted molar refractivity (Wildman–Crippen MR) is 85.3 cm³/mol. The molecule has 0 unspecified atom stereocenters. The van der Waals surface area contributed by atoms with Gasteiger partial charge < -0.3 is 10.2 Å². The van der Waals surface area contributed by atoms with Crippen LogP contribution >= 0.6 is 0 Å². The molecule has 8 heteroatoms. The Bertz CT molecular complexity index is 715. The number of hydrogen-bond acceptors (Lipinski definition) is 4. The van der Waals surface area contributed by atoms with Crippen molar-refractivity contribution in [2.45, 2.75) is 25.2 Å². The van der Waals surface area contributed by atoms with Crippen LogP contribution in [0.15, 0.2) is 23.1 Å². The lowest BCUT2D eigenvalue weighted by Gasteiger charge is -2.26. The lowest BCUT2D eigenvalue weighted by Crippen LogP contribution is -2.50. The van der Waals surface area contributed by atoms with E-state index >= 15 is 0 Å². The summed E-state index contributed by atoms with van der Waals surface area (Å²) in [6, 6.07) is 5.20. The van der Waals surface area contributed by atoms with Gasteiger partial charge >= 0.3 is 0 Å². The van der Waals surface area contributed by atoms with Crippen molar-refractivity contribution in [3.8, 4) is 0 Å². The average Bonchev–Trinajstić information content (AvgIpc) is 2.49. The molecule has 2 amide bonds. The lowest BCUT2D eigenvalue weighted by atomic mass is 10.2. The Kier molecular flexibility index (Phi) is 5.38. The number of nitrogens with one attached hydrogen (secondary N) is 2. The van der Waals surface area contributed by atoms with Crippen LogP contribution < -0.4 is 10.0 Å². The third-order valence-corrected chi connectivity index (χ3v) is 5.26. The van der Waals surface area contributed by atoms with Crippen molar-refractivity contribution < 1.29 is 18.0 Å². The summed E-state index contributed by atoms with van der Waals surface area (Å²) in [7, 11) is -3.65. The highest BCUT2D eigenvalue weighted by Gasteiger charge is 2.22. The molecule has 0 atom stereocenters. The normalized spacial score (nSPS) is 15.4. The summed E-state index contributed by atoms with van der Waals surface area (Å²) in [5, 5.41) is 2.64. The molecule has 1 aliphatic rings. The zero-order chi connectivity index (χ0) is 17.0. The molecule has 0 saturated carbocycles. The van der Waals surface area contributed by atoms with Crippen LogP contribution in [-0.4, -0.2) is 51.3 Å². The summed E-state index contributed by atoms with van der Waals surface area (Å²) in [6.45, 7) is 4.47. The molecular weight excluding hydrogens is 318 g/mol. The van der Waals surface area contributed by atoms with Crippen molar-refractivity contribution >= 4 is 21.8 Å². The first-order valence-electron chi connectivity index (χ1n) is 7.41. The van der Waals surface area contributed by atoms with E-state index in [1.54, 1.807) is 19.1 Å². The zero-order valence-electron chi connectivity index (χ0n) is 13.3. The van der Waals surface area contributed by atoms with E-state index in [4.69, 9.17) is 0 Å². The summed E-state index contributed by atoms with van der Waals surface area (Å²) in [4.78, 5) is 24.9. The molecule has 0 radical (unpaired) electrons. The van der Waals surface area contributed by atoms with Crippen LogP contribution in [0.3, 0.4) is 0 Å². The number of rotatable bonds is 5. The molecule has 0 spiro atoms. The predicted octanol–water partition coefficient (Wildman–Crippen LogP) is -0.0698. The van der Waals surface area contributed by atoms with E-state index in [9.17, 15) is 18.0 Å². The maximum Gasteiger partial charge on any atom is 0.240 e. The van der Waals surface area contributed by atoms with E-state index in [0.717, 1.165) is 5.56 Å². The fraction of sp³-hybridized carbons (Fsp3) is 0.467. The summed E-state index contributed by atoms with van der Waals surface area (Å²) in [6.07, 6.45) is 0.0252. The molecule has 0 aliphatic carbocycles. The van der Waals surface area contributed by atoms with Crippen LogP contribution in [0, 0.1) is 13.8 Å². The number of carbonyl (C=O) groups is 2. The monoisotopic (exact) mass is 339 g/mol. The molecular formula is C15H21N3O4S. The summed E-state index contributed by atoms with van der Waals surface area (Å²) in [5.41, 5.74) is 1.51. The van der Waals surface area contributed by atoms with Crippen molar-refractivity contribution in [1.29, 1.82) is 0 Å². The Morgan fingerprint density at radius 1 is 1.35 bits per heavy atom. The molecule has 1 aliphatic heterocycles. The highest BCUT2D eigenvalue weighted by Crippen LogP contribution is 2.16. The third kappa shape index (κ3) is 4.52. The van der Waals surface area contributed by atoms with Crippen LogP contribution in [0.1, 0.15) is 17.5 Å². The van der Waals surface area contributed by atoms with Gasteiger partial charge in [0.05, 0.1) is 11.4 Å². The summed E-state index contributed by atoms with van der Waals surface area (Å²) < 4.78 is 27.1. The second-order valence-electron chi connectivity index (χ2n) is 5.58. The van der Waals surface area contributed by atoms with Gasteiger partial charge in [0.25, 0.3) is 0 Å². The molecule has 0 bridgehead atoms. The molecule has 7 nitrogen and oxygen atoms in total. The Balaban J connectivity index is 1.93. The summed E-state index contributed by atoms with van der Waals surface area (Å²) in [5.74, 6) is -0.427. The smallest absolute Gasteiger partial charge is 0.240 e. The van der Waals surface area contributed by atoms with Crippen LogP contribution in [0.2, 0.25) is 0 Å². The van der Waals surface area contributed by atoms with Gasteiger partial charge in [-0.05, 0) is 31.0 Å². The molecule has 23 heavy (non-hydrogen) atoms. The van der Waals surface area contributed by atoms with E-state index in [2.05, 4.69) is 10.0 Å². The number of carbonyl (C=O) groups excluding carboxylic acids is 2. The first-order chi connectivity index (χ1) is 10.8. The molecule has 2 N–H and O–H groups in total. The number of benzene rings is 1. The Hall–Kier alpha value is -1.93. The Morgan fingerprint density at radius 2 is 2.09 bits per heavy atom. The standard InChI is InChI=1S/C15H21N3O4S/c1-11-3-4-12(2)13(9-11)23(21,22)17-6-5-15(20)18-8-7-16-14(19)10-18/h3-4,9,17H,5-8,10H2,1-2H3,(H,16,19). The van der Waals surface area contributed by atoms with Gasteiger partial charge in [0, 0.05) is 26.1 Å². The largest absolute Gasteiger partial charge is 0.353 e. The van der Waals surface area contributed by atoms with Gasteiger partial charge in [-0.15, -0.1) is 0 Å². The van der Waals surface area contributed by atoms with Gasteiger partial charge in [-0.2, -0.15) is 0 Å². The van der Waals surface area contributed by atoms with Gasteiger partial charge in [-0.1, -0.05) is 12.1 Å². The van der Waals surface area contributed by atoms with Gasteiger partial charge in [0.15, 0.2) is 0 Å². The number of sulfonamides is 1. The second kappa shape index (κ2) is 7.10. The maximum absolute atomic E-state index is 12.3. The Morgan fingerprint density at radius 3 is 2.78 bits per heavy atom. The number of aryl methyl sites for hydroxylation is 2. The van der Waals surface area contributed by atoms with Crippen molar-refractivity contribution in [2.75, 3.05) is 26.2 Å². The molecule has 1 heterocycles. The third-order valence-electron chi connectivity index (χ3n) is 3.66. The van der Waals surface area contributed by atoms with Crippen LogP contribution in [-0.2, 0) is 19.6 Å². The van der Waals surface area contributed by atoms with Gasteiger partial charge in [-0.3, -0.25) is 9.59 Å². The number of amides is 2. The van der Waals surface area contributed by atoms with Crippen molar-refractivity contribution in [3.63, 3.8) is 0 Å². The minimum atomic E-state index is -3.65. The minimum absolute atomic E-state index is 0.00661. The van der Waals surface area contributed by atoms with Gasteiger partial charge in [0.2, 0.25) is 21.8 Å². The first-order valence-corrected chi connectivity index (χ1v) is 8.89. The number of piperazine rings is 1. The lowest BCUT2D eigenvalue weighted by molar-refractivity contribution is -0.138. The maximum atomic E-state index is 12.3. The molecule has 1 fully saturated rings. The fourth-order valence-corrected chi connectivity index (χ4v) is 3.74. The minimum Gasteiger partial charge on any atom is -0.353 e. The molecule has 1 aromatic rings. The van der Waals surface area contributed by atoms with Gasteiger partial charge in [0.1, 0.15) is 0 Å².